The molecule has 2 aromatic carbocycles. The SMILES string of the molecule is COc1ccc(CC(C(=O)O)n2cc(C3CCCCN3S(=O)(=O)c3ccc(-c4ccccc4)s3)nn2)cc1. The van der Waals surface area contributed by atoms with Crippen molar-refractivity contribution in [3.63, 3.8) is 0 Å². The minimum absolute atomic E-state index is 0.201. The number of aliphatic carboxylic acids is 1. The minimum Gasteiger partial charge on any atom is -0.497 e. The summed E-state index contributed by atoms with van der Waals surface area (Å²) >= 11 is 1.24. The summed E-state index contributed by atoms with van der Waals surface area (Å²) in [6, 6.07) is 18.8. The number of benzene rings is 2. The van der Waals surface area contributed by atoms with Crippen molar-refractivity contribution < 1.29 is 23.1 Å². The van der Waals surface area contributed by atoms with Crippen molar-refractivity contribution in [1.82, 2.24) is 19.3 Å². The predicted octanol–water partition coefficient (Wildman–Crippen LogP) is 4.80. The molecule has 0 amide bonds. The third kappa shape index (κ3) is 5.35. The molecule has 0 saturated carbocycles. The van der Waals surface area contributed by atoms with Crippen LogP contribution in [0.5, 0.6) is 5.75 Å². The number of ether oxygens (including phenoxy) is 1. The van der Waals surface area contributed by atoms with E-state index in [-0.39, 0.29) is 10.6 Å². The number of aromatic nitrogens is 3. The third-order valence-corrected chi connectivity index (χ3v) is 10.2. The fourth-order valence-electron chi connectivity index (χ4n) is 4.69. The highest BCUT2D eigenvalue weighted by atomic mass is 32.2. The predicted molar refractivity (Wildman–Crippen MR) is 144 cm³/mol. The highest BCUT2D eigenvalue weighted by Crippen LogP contribution is 2.38. The molecule has 2 unspecified atom stereocenters. The van der Waals surface area contributed by atoms with Gasteiger partial charge in [0.2, 0.25) is 0 Å². The number of carboxylic acids is 1. The molecule has 9 nitrogen and oxygen atoms in total. The normalized spacial score (nSPS) is 17.2. The minimum atomic E-state index is -3.78. The Labute approximate surface area is 225 Å². The maximum atomic E-state index is 13.7. The zero-order valence-corrected chi connectivity index (χ0v) is 22.4. The number of carboxylic acid groups (broad SMARTS) is 1. The van der Waals surface area contributed by atoms with E-state index in [4.69, 9.17) is 4.74 Å². The Morgan fingerprint density at radius 1 is 1.11 bits per heavy atom. The fourth-order valence-corrected chi connectivity index (χ4v) is 7.80. The standard InChI is InChI=1S/C27H28N4O5S2/c1-36-21-12-10-19(11-13-21)17-24(27(32)33)30-18-22(28-29-30)23-9-5-6-16-31(23)38(34,35)26-15-14-25(37-26)20-7-3-2-4-8-20/h2-4,7-8,10-15,18,23-24H,5-6,9,16-17H2,1H3,(H,32,33). The smallest absolute Gasteiger partial charge is 0.328 e. The Hall–Kier alpha value is -3.54. The molecule has 0 radical (unpaired) electrons. The van der Waals surface area contributed by atoms with Crippen LogP contribution in [0, 0.1) is 0 Å². The van der Waals surface area contributed by atoms with Crippen molar-refractivity contribution in [3.8, 4) is 16.2 Å². The van der Waals surface area contributed by atoms with E-state index in [1.165, 1.54) is 20.3 Å². The molecule has 1 aliphatic heterocycles. The summed E-state index contributed by atoms with van der Waals surface area (Å²) in [5.41, 5.74) is 2.23. The van der Waals surface area contributed by atoms with E-state index in [0.29, 0.717) is 24.4 Å². The lowest BCUT2D eigenvalue weighted by Crippen LogP contribution is -2.38. The summed E-state index contributed by atoms with van der Waals surface area (Å²) in [6.07, 6.45) is 3.95. The van der Waals surface area contributed by atoms with Gasteiger partial charge in [0.15, 0.2) is 6.04 Å². The van der Waals surface area contributed by atoms with Crippen molar-refractivity contribution in [2.45, 2.75) is 42.0 Å². The average molecular weight is 553 g/mol. The van der Waals surface area contributed by atoms with E-state index in [1.54, 1.807) is 31.5 Å². The molecule has 1 aliphatic rings. The van der Waals surface area contributed by atoms with E-state index < -0.39 is 28.1 Å². The topological polar surface area (TPSA) is 115 Å². The van der Waals surface area contributed by atoms with Crippen LogP contribution in [0.1, 0.15) is 42.6 Å². The van der Waals surface area contributed by atoms with Crippen LogP contribution < -0.4 is 4.74 Å². The highest BCUT2D eigenvalue weighted by molar-refractivity contribution is 7.91. The maximum absolute atomic E-state index is 13.7. The molecule has 4 aromatic rings. The van der Waals surface area contributed by atoms with E-state index in [1.807, 2.05) is 48.5 Å². The van der Waals surface area contributed by atoms with Gasteiger partial charge in [-0.05, 0) is 48.2 Å². The number of methoxy groups -OCH3 is 1. The van der Waals surface area contributed by atoms with E-state index in [9.17, 15) is 18.3 Å². The number of sulfonamides is 1. The lowest BCUT2D eigenvalue weighted by molar-refractivity contribution is -0.141. The van der Waals surface area contributed by atoms with Gasteiger partial charge in [0, 0.05) is 17.8 Å². The first-order valence-corrected chi connectivity index (χ1v) is 14.6. The zero-order valence-electron chi connectivity index (χ0n) is 20.8. The number of nitrogens with zero attached hydrogens (tertiary/aromatic N) is 4. The van der Waals surface area contributed by atoms with Crippen molar-refractivity contribution in [3.05, 3.63) is 84.2 Å². The van der Waals surface area contributed by atoms with Gasteiger partial charge in [-0.15, -0.1) is 16.4 Å². The maximum Gasteiger partial charge on any atom is 0.328 e. The van der Waals surface area contributed by atoms with E-state index >= 15 is 0 Å². The number of thiophene rings is 1. The molecule has 0 aliphatic carbocycles. The largest absolute Gasteiger partial charge is 0.497 e. The van der Waals surface area contributed by atoms with Crippen LogP contribution in [0.3, 0.4) is 0 Å². The summed E-state index contributed by atoms with van der Waals surface area (Å²) < 4.78 is 35.7. The molecule has 0 spiro atoms. The van der Waals surface area contributed by atoms with E-state index in [0.717, 1.165) is 28.8 Å². The van der Waals surface area contributed by atoms with Gasteiger partial charge in [-0.2, -0.15) is 4.31 Å². The Kier molecular flexibility index (Phi) is 7.59. The Morgan fingerprint density at radius 2 is 1.87 bits per heavy atom. The fraction of sp³-hybridized carbons (Fsp3) is 0.296. The van der Waals surface area contributed by atoms with Crippen molar-refractivity contribution in [2.75, 3.05) is 13.7 Å². The van der Waals surface area contributed by atoms with Crippen molar-refractivity contribution in [2.24, 2.45) is 0 Å². The Bertz CT molecular complexity index is 1500. The van der Waals surface area contributed by atoms with Gasteiger partial charge >= 0.3 is 5.97 Å². The summed E-state index contributed by atoms with van der Waals surface area (Å²) in [7, 11) is -2.21. The van der Waals surface area contributed by atoms with Crippen molar-refractivity contribution in [1.29, 1.82) is 0 Å². The van der Waals surface area contributed by atoms with Crippen LogP contribution in [-0.4, -0.2) is 52.4 Å². The molecule has 1 N–H and O–H groups in total. The number of rotatable bonds is 9. The molecular formula is C27H28N4O5S2. The molecule has 3 heterocycles. The first kappa shape index (κ1) is 26.1. The molecule has 38 heavy (non-hydrogen) atoms. The molecule has 2 atom stereocenters. The molecule has 1 fully saturated rings. The molecule has 5 rings (SSSR count). The zero-order chi connectivity index (χ0) is 26.7. The number of piperidine rings is 1. The second-order valence-electron chi connectivity index (χ2n) is 9.14. The summed E-state index contributed by atoms with van der Waals surface area (Å²) in [6.45, 7) is 0.368. The van der Waals surface area contributed by atoms with Gasteiger partial charge in [-0.25, -0.2) is 17.9 Å². The number of hydrogen-bond acceptors (Lipinski definition) is 7. The van der Waals surface area contributed by atoms with Gasteiger partial charge in [0.25, 0.3) is 10.0 Å². The van der Waals surface area contributed by atoms with Crippen LogP contribution >= 0.6 is 11.3 Å². The Morgan fingerprint density at radius 3 is 2.58 bits per heavy atom. The lowest BCUT2D eigenvalue weighted by atomic mass is 10.0. The van der Waals surface area contributed by atoms with Crippen LogP contribution in [-0.2, 0) is 21.2 Å². The van der Waals surface area contributed by atoms with E-state index in [2.05, 4.69) is 10.3 Å². The summed E-state index contributed by atoms with van der Waals surface area (Å²) in [5, 5.41) is 18.3. The van der Waals surface area contributed by atoms with Crippen molar-refractivity contribution >= 4 is 27.3 Å². The Balaban J connectivity index is 1.39. The highest BCUT2D eigenvalue weighted by Gasteiger charge is 2.37. The lowest BCUT2D eigenvalue weighted by Gasteiger charge is -2.33. The quantitative estimate of drug-likeness (QED) is 0.317. The average Bonchev–Trinajstić information content (AvgIpc) is 3.64. The van der Waals surface area contributed by atoms with Crippen LogP contribution in [0.15, 0.2) is 77.1 Å². The van der Waals surface area contributed by atoms with Crippen LogP contribution in [0.4, 0.5) is 0 Å². The molecule has 0 bridgehead atoms. The summed E-state index contributed by atoms with van der Waals surface area (Å²) in [4.78, 5) is 13.0. The first-order chi connectivity index (χ1) is 18.4. The molecular weight excluding hydrogens is 524 g/mol. The van der Waals surface area contributed by atoms with Crippen LogP contribution in [0.2, 0.25) is 0 Å². The van der Waals surface area contributed by atoms with Gasteiger partial charge in [0.05, 0.1) is 19.3 Å². The van der Waals surface area contributed by atoms with Crippen LogP contribution in [0.25, 0.3) is 10.4 Å². The van der Waals surface area contributed by atoms with Gasteiger partial charge in [0.1, 0.15) is 15.7 Å². The van der Waals surface area contributed by atoms with Gasteiger partial charge in [-0.3, -0.25) is 0 Å². The second kappa shape index (κ2) is 11.1. The molecule has 1 saturated heterocycles. The molecule has 198 valence electrons. The summed E-state index contributed by atoms with van der Waals surface area (Å²) in [5.74, 6) is -0.360. The molecule has 2 aromatic heterocycles. The number of hydrogen-bond donors (Lipinski definition) is 1. The van der Waals surface area contributed by atoms with Gasteiger partial charge in [-0.1, -0.05) is 54.1 Å². The monoisotopic (exact) mass is 552 g/mol. The molecule has 11 heteroatoms. The first-order valence-electron chi connectivity index (χ1n) is 12.3. The van der Waals surface area contributed by atoms with Gasteiger partial charge < -0.3 is 9.84 Å². The number of carbonyl (C=O) groups is 1. The second-order valence-corrected chi connectivity index (χ2v) is 12.3. The third-order valence-electron chi connectivity index (χ3n) is 6.72.